The van der Waals surface area contributed by atoms with Gasteiger partial charge in [-0.1, -0.05) is 0 Å². The number of benzene rings is 1. The molecule has 1 aromatic carbocycles. The number of hydrogen-bond donors (Lipinski definition) is 3. The van der Waals surface area contributed by atoms with Crippen LogP contribution in [0.3, 0.4) is 0 Å². The second-order valence-corrected chi connectivity index (χ2v) is 7.48. The van der Waals surface area contributed by atoms with Crippen LogP contribution in [0.2, 0.25) is 0 Å². The summed E-state index contributed by atoms with van der Waals surface area (Å²) in [6.45, 7) is 1.09. The normalized spacial score (nSPS) is 21.2. The van der Waals surface area contributed by atoms with E-state index in [-0.39, 0.29) is 0 Å². The van der Waals surface area contributed by atoms with Crippen molar-refractivity contribution >= 4 is 27.9 Å². The third-order valence-corrected chi connectivity index (χ3v) is 5.70. The quantitative estimate of drug-likeness (QED) is 0.631. The summed E-state index contributed by atoms with van der Waals surface area (Å²) >= 11 is 1.79. The molecule has 0 aliphatic heterocycles. The molecule has 3 N–H and O–H groups in total. The maximum atomic E-state index is 4.09. The third kappa shape index (κ3) is 3.79. The van der Waals surface area contributed by atoms with Crippen LogP contribution < -0.4 is 10.6 Å². The smallest absolute Gasteiger partial charge is 0.0651 e. The van der Waals surface area contributed by atoms with E-state index in [1.54, 1.807) is 11.3 Å². The Morgan fingerprint density at radius 2 is 2.00 bits per heavy atom. The second-order valence-electron chi connectivity index (χ2n) is 6.70. The lowest BCUT2D eigenvalue weighted by Crippen LogP contribution is -2.37. The van der Waals surface area contributed by atoms with E-state index < -0.39 is 0 Å². The SMILES string of the molecule is c1cc(CCN[C@H]2CC[C@@H](Nc3ccc4[nH]ncc4c3)CC2)cs1. The first-order valence-electron chi connectivity index (χ1n) is 8.81. The summed E-state index contributed by atoms with van der Waals surface area (Å²) in [6, 6.07) is 9.92. The number of hydrogen-bond acceptors (Lipinski definition) is 4. The van der Waals surface area contributed by atoms with Gasteiger partial charge in [0.15, 0.2) is 0 Å². The van der Waals surface area contributed by atoms with Crippen molar-refractivity contribution in [1.29, 1.82) is 0 Å². The van der Waals surface area contributed by atoms with Crippen molar-refractivity contribution in [1.82, 2.24) is 15.5 Å². The average Bonchev–Trinajstić information content (AvgIpc) is 3.27. The van der Waals surface area contributed by atoms with Crippen LogP contribution in [0.15, 0.2) is 41.2 Å². The summed E-state index contributed by atoms with van der Waals surface area (Å²) in [5.41, 5.74) is 3.76. The van der Waals surface area contributed by atoms with Gasteiger partial charge in [0, 0.05) is 23.2 Å². The zero-order valence-electron chi connectivity index (χ0n) is 13.8. The Labute approximate surface area is 146 Å². The molecule has 1 aliphatic carbocycles. The fraction of sp³-hybridized carbons (Fsp3) is 0.421. The molecule has 0 saturated heterocycles. The molecule has 4 nitrogen and oxygen atoms in total. The van der Waals surface area contributed by atoms with E-state index in [9.17, 15) is 0 Å². The Hall–Kier alpha value is -1.85. The van der Waals surface area contributed by atoms with E-state index in [4.69, 9.17) is 0 Å². The van der Waals surface area contributed by atoms with Crippen LogP contribution in [-0.4, -0.2) is 28.8 Å². The number of nitrogens with one attached hydrogen (secondary N) is 3. The minimum Gasteiger partial charge on any atom is -0.382 e. The Kier molecular flexibility index (Phi) is 4.81. The molecule has 2 aromatic heterocycles. The highest BCUT2D eigenvalue weighted by Gasteiger charge is 2.20. The molecule has 0 radical (unpaired) electrons. The molecule has 0 unspecified atom stereocenters. The van der Waals surface area contributed by atoms with E-state index >= 15 is 0 Å². The maximum absolute atomic E-state index is 4.09. The fourth-order valence-electron chi connectivity index (χ4n) is 3.57. The molecular formula is C19H24N4S. The van der Waals surface area contributed by atoms with Gasteiger partial charge in [0.25, 0.3) is 0 Å². The van der Waals surface area contributed by atoms with E-state index in [1.807, 2.05) is 6.20 Å². The minimum absolute atomic E-state index is 0.587. The molecule has 0 amide bonds. The summed E-state index contributed by atoms with van der Waals surface area (Å²) < 4.78 is 0. The van der Waals surface area contributed by atoms with Gasteiger partial charge in [-0.15, -0.1) is 0 Å². The molecule has 5 heteroatoms. The topological polar surface area (TPSA) is 52.7 Å². The van der Waals surface area contributed by atoms with Crippen molar-refractivity contribution in [3.63, 3.8) is 0 Å². The van der Waals surface area contributed by atoms with Crippen molar-refractivity contribution < 1.29 is 0 Å². The molecule has 1 fully saturated rings. The van der Waals surface area contributed by atoms with Gasteiger partial charge >= 0.3 is 0 Å². The lowest BCUT2D eigenvalue weighted by Gasteiger charge is -2.30. The number of aromatic amines is 1. The molecule has 4 rings (SSSR count). The molecule has 0 bridgehead atoms. The van der Waals surface area contributed by atoms with Crippen molar-refractivity contribution in [3.05, 3.63) is 46.8 Å². The lowest BCUT2D eigenvalue weighted by atomic mass is 9.91. The minimum atomic E-state index is 0.587. The molecule has 24 heavy (non-hydrogen) atoms. The summed E-state index contributed by atoms with van der Waals surface area (Å²) in [6.07, 6.45) is 8.02. The molecule has 3 aromatic rings. The third-order valence-electron chi connectivity index (χ3n) is 4.96. The average molecular weight is 340 g/mol. The van der Waals surface area contributed by atoms with Crippen LogP contribution in [0.5, 0.6) is 0 Å². The Morgan fingerprint density at radius 1 is 1.12 bits per heavy atom. The second kappa shape index (κ2) is 7.36. The van der Waals surface area contributed by atoms with Crippen LogP contribution in [0, 0.1) is 0 Å². The number of aromatic nitrogens is 2. The molecule has 126 valence electrons. The fourth-order valence-corrected chi connectivity index (χ4v) is 4.27. The van der Waals surface area contributed by atoms with E-state index in [0.29, 0.717) is 12.1 Å². The molecule has 0 atom stereocenters. The highest BCUT2D eigenvalue weighted by Crippen LogP contribution is 2.24. The van der Waals surface area contributed by atoms with Gasteiger partial charge in [0.05, 0.1) is 11.7 Å². The molecule has 0 spiro atoms. The highest BCUT2D eigenvalue weighted by atomic mass is 32.1. The number of anilines is 1. The number of rotatable bonds is 6. The Morgan fingerprint density at radius 3 is 2.83 bits per heavy atom. The molecule has 1 saturated carbocycles. The monoisotopic (exact) mass is 340 g/mol. The molecular weight excluding hydrogens is 316 g/mol. The van der Waals surface area contributed by atoms with Gasteiger partial charge in [-0.3, -0.25) is 5.10 Å². The number of H-pyrrole nitrogens is 1. The van der Waals surface area contributed by atoms with Gasteiger partial charge in [0.1, 0.15) is 0 Å². The summed E-state index contributed by atoms with van der Waals surface area (Å²) in [7, 11) is 0. The van der Waals surface area contributed by atoms with Crippen LogP contribution >= 0.6 is 11.3 Å². The summed E-state index contributed by atoms with van der Waals surface area (Å²) in [4.78, 5) is 0. The van der Waals surface area contributed by atoms with Crippen molar-refractivity contribution in [2.75, 3.05) is 11.9 Å². The van der Waals surface area contributed by atoms with Crippen molar-refractivity contribution in [3.8, 4) is 0 Å². The van der Waals surface area contributed by atoms with E-state index in [0.717, 1.165) is 18.5 Å². The predicted octanol–water partition coefficient (Wildman–Crippen LogP) is 4.18. The zero-order valence-corrected chi connectivity index (χ0v) is 14.6. The first kappa shape index (κ1) is 15.7. The van der Waals surface area contributed by atoms with Gasteiger partial charge < -0.3 is 10.6 Å². The number of fused-ring (bicyclic) bond motifs is 1. The Balaban J connectivity index is 1.22. The van der Waals surface area contributed by atoms with E-state index in [2.05, 4.69) is 55.9 Å². The number of thiophene rings is 1. The zero-order chi connectivity index (χ0) is 16.2. The molecule has 2 heterocycles. The summed E-state index contributed by atoms with van der Waals surface area (Å²) in [5, 5.41) is 20.1. The maximum Gasteiger partial charge on any atom is 0.0651 e. The lowest BCUT2D eigenvalue weighted by molar-refractivity contribution is 0.356. The first-order chi connectivity index (χ1) is 11.9. The van der Waals surface area contributed by atoms with Crippen molar-refractivity contribution in [2.24, 2.45) is 0 Å². The van der Waals surface area contributed by atoms with Gasteiger partial charge in [-0.05, 0) is 79.2 Å². The molecule has 1 aliphatic rings. The predicted molar refractivity (Wildman–Crippen MR) is 102 cm³/mol. The summed E-state index contributed by atoms with van der Waals surface area (Å²) in [5.74, 6) is 0. The van der Waals surface area contributed by atoms with Gasteiger partial charge in [-0.25, -0.2) is 0 Å². The van der Waals surface area contributed by atoms with Gasteiger partial charge in [-0.2, -0.15) is 16.4 Å². The van der Waals surface area contributed by atoms with Crippen LogP contribution in [0.4, 0.5) is 5.69 Å². The van der Waals surface area contributed by atoms with E-state index in [1.165, 1.54) is 42.3 Å². The standard InChI is InChI=1S/C19H24N4S/c1-3-17(22-18-5-6-19-15(11-18)12-21-23-19)4-2-16(1)20-9-7-14-8-10-24-13-14/h5-6,8,10-13,16-17,20,22H,1-4,7,9H2,(H,21,23)/t16-,17+. The number of nitrogens with zero attached hydrogens (tertiary/aromatic N) is 1. The van der Waals surface area contributed by atoms with Crippen LogP contribution in [0.25, 0.3) is 10.9 Å². The largest absolute Gasteiger partial charge is 0.382 e. The first-order valence-corrected chi connectivity index (χ1v) is 9.75. The van der Waals surface area contributed by atoms with Crippen LogP contribution in [-0.2, 0) is 6.42 Å². The highest BCUT2D eigenvalue weighted by molar-refractivity contribution is 7.07. The van der Waals surface area contributed by atoms with Gasteiger partial charge in [0.2, 0.25) is 0 Å². The Bertz CT molecular complexity index is 757. The van der Waals surface area contributed by atoms with Crippen molar-refractivity contribution in [2.45, 2.75) is 44.2 Å². The van der Waals surface area contributed by atoms with Crippen LogP contribution in [0.1, 0.15) is 31.2 Å².